The highest BCUT2D eigenvalue weighted by molar-refractivity contribution is 7.80. The van der Waals surface area contributed by atoms with E-state index in [4.69, 9.17) is 12.2 Å². The summed E-state index contributed by atoms with van der Waals surface area (Å²) in [6.45, 7) is 6.45. The Hall–Kier alpha value is -2.46. The minimum absolute atomic E-state index is 0.586. The van der Waals surface area contributed by atoms with Crippen molar-refractivity contribution in [1.29, 1.82) is 0 Å². The molecule has 2 aromatic carbocycles. The highest BCUT2D eigenvalue weighted by Gasteiger charge is 2.07. The molecule has 1 N–H and O–H groups in total. The molecule has 0 fully saturated rings. The standard InChI is InChI=1S/C19H21N3S/c1-4-16-9-11-17(12-10-16)14-22(19(23)20-3)21-13-18-8-6-5-7-15(18)2/h4-13H,1,14H2,2-3H3,(H,20,23). The topological polar surface area (TPSA) is 27.6 Å². The van der Waals surface area contributed by atoms with Crippen LogP contribution in [0.2, 0.25) is 0 Å². The van der Waals surface area contributed by atoms with Crippen molar-refractivity contribution in [2.75, 3.05) is 7.05 Å². The molecule has 118 valence electrons. The zero-order valence-corrected chi connectivity index (χ0v) is 14.3. The molecule has 0 atom stereocenters. The fourth-order valence-corrected chi connectivity index (χ4v) is 2.20. The summed E-state index contributed by atoms with van der Waals surface area (Å²) < 4.78 is 0. The van der Waals surface area contributed by atoms with E-state index in [0.717, 1.165) is 16.7 Å². The van der Waals surface area contributed by atoms with Crippen LogP contribution < -0.4 is 5.32 Å². The van der Waals surface area contributed by atoms with Crippen LogP contribution in [0, 0.1) is 6.92 Å². The van der Waals surface area contributed by atoms with Gasteiger partial charge in [-0.25, -0.2) is 5.01 Å². The molecular weight excluding hydrogens is 302 g/mol. The first kappa shape index (κ1) is 16.9. The Kier molecular flexibility index (Phi) is 6.06. The van der Waals surface area contributed by atoms with Crippen LogP contribution in [-0.4, -0.2) is 23.4 Å². The van der Waals surface area contributed by atoms with E-state index in [9.17, 15) is 0 Å². The van der Waals surface area contributed by atoms with Crippen molar-refractivity contribution in [3.63, 3.8) is 0 Å². The first-order valence-electron chi connectivity index (χ1n) is 7.44. The van der Waals surface area contributed by atoms with Crippen molar-refractivity contribution in [3.8, 4) is 0 Å². The molecule has 0 saturated carbocycles. The van der Waals surface area contributed by atoms with Crippen molar-refractivity contribution in [2.24, 2.45) is 5.10 Å². The van der Waals surface area contributed by atoms with Gasteiger partial charge in [0, 0.05) is 7.05 Å². The Balaban J connectivity index is 2.18. The lowest BCUT2D eigenvalue weighted by molar-refractivity contribution is 0.437. The Morgan fingerprint density at radius 3 is 2.52 bits per heavy atom. The lowest BCUT2D eigenvalue weighted by Gasteiger charge is -2.19. The SMILES string of the molecule is C=Cc1ccc(CN(N=Cc2ccccc2C)C(=S)NC)cc1. The van der Waals surface area contributed by atoms with Gasteiger partial charge in [-0.15, -0.1) is 0 Å². The molecule has 0 heterocycles. The van der Waals surface area contributed by atoms with Gasteiger partial charge in [-0.2, -0.15) is 5.10 Å². The average Bonchev–Trinajstić information content (AvgIpc) is 2.59. The molecule has 3 nitrogen and oxygen atoms in total. The molecule has 4 heteroatoms. The van der Waals surface area contributed by atoms with Gasteiger partial charge in [0.2, 0.25) is 0 Å². The van der Waals surface area contributed by atoms with Crippen LogP contribution in [0.15, 0.2) is 60.2 Å². The minimum atomic E-state index is 0.586. The molecule has 0 aliphatic rings. The number of nitrogens with one attached hydrogen (secondary N) is 1. The van der Waals surface area contributed by atoms with Gasteiger partial charge in [0.05, 0.1) is 12.8 Å². The van der Waals surface area contributed by atoms with Crippen LogP contribution in [0.5, 0.6) is 0 Å². The summed E-state index contributed by atoms with van der Waals surface area (Å²) in [6.07, 6.45) is 3.67. The number of hydrazone groups is 1. The van der Waals surface area contributed by atoms with Crippen molar-refractivity contribution in [3.05, 3.63) is 77.4 Å². The monoisotopic (exact) mass is 323 g/mol. The second kappa shape index (κ2) is 8.25. The number of aryl methyl sites for hydroxylation is 1. The van der Waals surface area contributed by atoms with E-state index in [1.54, 1.807) is 12.1 Å². The predicted octanol–water partition coefficient (Wildman–Crippen LogP) is 3.98. The van der Waals surface area contributed by atoms with E-state index >= 15 is 0 Å². The molecule has 0 bridgehead atoms. The molecule has 2 aromatic rings. The van der Waals surface area contributed by atoms with Crippen molar-refractivity contribution < 1.29 is 0 Å². The van der Waals surface area contributed by atoms with Gasteiger partial charge in [-0.05, 0) is 41.4 Å². The highest BCUT2D eigenvalue weighted by atomic mass is 32.1. The van der Waals surface area contributed by atoms with Crippen LogP contribution in [0.25, 0.3) is 6.08 Å². The highest BCUT2D eigenvalue weighted by Crippen LogP contribution is 2.10. The lowest BCUT2D eigenvalue weighted by atomic mass is 10.1. The average molecular weight is 323 g/mol. The summed E-state index contributed by atoms with van der Waals surface area (Å²) in [6, 6.07) is 16.3. The first-order chi connectivity index (χ1) is 11.1. The molecule has 0 saturated heterocycles. The Morgan fingerprint density at radius 1 is 1.22 bits per heavy atom. The van der Waals surface area contributed by atoms with Crippen LogP contribution in [0.1, 0.15) is 22.3 Å². The Bertz CT molecular complexity index is 705. The smallest absolute Gasteiger partial charge is 0.189 e. The summed E-state index contributed by atoms with van der Waals surface area (Å²) in [5.41, 5.74) is 4.50. The fourth-order valence-electron chi connectivity index (χ4n) is 2.09. The maximum Gasteiger partial charge on any atom is 0.189 e. The third-order valence-corrected chi connectivity index (χ3v) is 3.94. The van der Waals surface area contributed by atoms with Gasteiger partial charge in [0.15, 0.2) is 5.11 Å². The molecule has 0 aromatic heterocycles. The number of benzene rings is 2. The molecule has 23 heavy (non-hydrogen) atoms. The summed E-state index contributed by atoms with van der Waals surface area (Å²) in [7, 11) is 1.80. The molecular formula is C19H21N3S. The number of thiocarbonyl (C=S) groups is 1. The summed E-state index contributed by atoms with van der Waals surface area (Å²) in [5, 5.41) is 9.90. The van der Waals surface area contributed by atoms with Gasteiger partial charge in [-0.3, -0.25) is 0 Å². The van der Waals surface area contributed by atoms with Gasteiger partial charge < -0.3 is 5.32 Å². The Labute approximate surface area is 143 Å². The molecule has 2 rings (SSSR count). The maximum atomic E-state index is 5.36. The summed E-state index contributed by atoms with van der Waals surface area (Å²) >= 11 is 5.36. The van der Waals surface area contributed by atoms with Crippen LogP contribution in [0.4, 0.5) is 0 Å². The second-order valence-corrected chi connectivity index (χ2v) is 5.55. The van der Waals surface area contributed by atoms with E-state index in [0.29, 0.717) is 11.7 Å². The molecule has 0 spiro atoms. The zero-order chi connectivity index (χ0) is 16.7. The van der Waals surface area contributed by atoms with E-state index < -0.39 is 0 Å². The second-order valence-electron chi connectivity index (χ2n) is 5.16. The number of rotatable bonds is 5. The maximum absolute atomic E-state index is 5.36. The molecule has 0 radical (unpaired) electrons. The summed E-state index contributed by atoms with van der Waals surface area (Å²) in [4.78, 5) is 0. The number of hydrogen-bond donors (Lipinski definition) is 1. The fraction of sp³-hybridized carbons (Fsp3) is 0.158. The van der Waals surface area contributed by atoms with Crippen molar-refractivity contribution in [2.45, 2.75) is 13.5 Å². The number of nitrogens with zero attached hydrogens (tertiary/aromatic N) is 2. The quantitative estimate of drug-likeness (QED) is 0.512. The zero-order valence-electron chi connectivity index (χ0n) is 13.5. The largest absolute Gasteiger partial charge is 0.364 e. The molecule has 0 aliphatic carbocycles. The summed E-state index contributed by atoms with van der Waals surface area (Å²) in [5.74, 6) is 0. The van der Waals surface area contributed by atoms with E-state index in [2.05, 4.69) is 42.1 Å². The number of hydrogen-bond acceptors (Lipinski definition) is 2. The van der Waals surface area contributed by atoms with Crippen LogP contribution in [0.3, 0.4) is 0 Å². The normalized spacial score (nSPS) is 10.5. The van der Waals surface area contributed by atoms with Crippen molar-refractivity contribution >= 4 is 29.6 Å². The van der Waals surface area contributed by atoms with E-state index in [1.165, 1.54) is 5.56 Å². The van der Waals surface area contributed by atoms with Crippen LogP contribution in [-0.2, 0) is 6.54 Å². The predicted molar refractivity (Wildman–Crippen MR) is 103 cm³/mol. The third kappa shape index (κ3) is 4.76. The van der Waals surface area contributed by atoms with Gasteiger partial charge in [0.1, 0.15) is 0 Å². The van der Waals surface area contributed by atoms with Gasteiger partial charge in [-0.1, -0.05) is 61.2 Å². The molecule has 0 unspecified atom stereocenters. The van der Waals surface area contributed by atoms with Crippen LogP contribution >= 0.6 is 12.2 Å². The molecule has 0 amide bonds. The first-order valence-corrected chi connectivity index (χ1v) is 7.85. The molecule has 0 aliphatic heterocycles. The van der Waals surface area contributed by atoms with Crippen molar-refractivity contribution in [1.82, 2.24) is 10.3 Å². The Morgan fingerprint density at radius 2 is 1.91 bits per heavy atom. The van der Waals surface area contributed by atoms with Gasteiger partial charge >= 0.3 is 0 Å². The van der Waals surface area contributed by atoms with E-state index in [1.807, 2.05) is 42.6 Å². The third-order valence-electron chi connectivity index (χ3n) is 3.52. The lowest BCUT2D eigenvalue weighted by Crippen LogP contribution is -2.33. The van der Waals surface area contributed by atoms with E-state index in [-0.39, 0.29) is 0 Å². The van der Waals surface area contributed by atoms with Gasteiger partial charge in [0.25, 0.3) is 0 Å². The minimum Gasteiger partial charge on any atom is -0.364 e.